The van der Waals surface area contributed by atoms with Gasteiger partial charge in [0.2, 0.25) is 0 Å². The topological polar surface area (TPSA) is 83.5 Å². The molecule has 5 nitrogen and oxygen atoms in total. The molecule has 31 heavy (non-hydrogen) atoms. The van der Waals surface area contributed by atoms with Gasteiger partial charge in [-0.15, -0.1) is 0 Å². The number of hydrogen-bond donors (Lipinski definition) is 2. The Morgan fingerprint density at radius 2 is 1.19 bits per heavy atom. The van der Waals surface area contributed by atoms with Crippen molar-refractivity contribution in [3.05, 3.63) is 101 Å². The van der Waals surface area contributed by atoms with E-state index in [1.165, 1.54) is 37.1 Å². The highest BCUT2D eigenvalue weighted by Crippen LogP contribution is 2.17. The molecule has 0 bridgehead atoms. The summed E-state index contributed by atoms with van der Waals surface area (Å²) in [6, 6.07) is 22.3. The van der Waals surface area contributed by atoms with Crippen LogP contribution in [-0.4, -0.2) is 22.8 Å². The highest BCUT2D eigenvalue weighted by atomic mass is 16.4. The van der Waals surface area contributed by atoms with Crippen molar-refractivity contribution in [2.75, 3.05) is 5.32 Å². The predicted molar refractivity (Wildman–Crippen MR) is 123 cm³/mol. The maximum atomic E-state index is 12.4. The summed E-state index contributed by atoms with van der Waals surface area (Å²) in [6.45, 7) is 5.19. The van der Waals surface area contributed by atoms with Crippen LogP contribution in [-0.2, 0) is 17.6 Å². The average Bonchev–Trinajstić information content (AvgIpc) is 2.75. The second-order valence-corrected chi connectivity index (χ2v) is 7.26. The van der Waals surface area contributed by atoms with Gasteiger partial charge >= 0.3 is 5.97 Å². The molecule has 2 N–H and O–H groups in total. The Bertz CT molecular complexity index is 1030. The lowest BCUT2D eigenvalue weighted by atomic mass is 10.0. The Labute approximate surface area is 182 Å². The molecule has 0 aromatic heterocycles. The Balaban J connectivity index is 0.000000785. The number of Topliss-reactive ketones (excluding diaryl/α,β-unsaturated/α-hetero) is 1. The van der Waals surface area contributed by atoms with Crippen LogP contribution >= 0.6 is 0 Å². The third-order valence-electron chi connectivity index (χ3n) is 4.45. The number of aromatic carboxylic acids is 1. The van der Waals surface area contributed by atoms with Gasteiger partial charge in [-0.2, -0.15) is 0 Å². The van der Waals surface area contributed by atoms with Crippen molar-refractivity contribution < 1.29 is 19.5 Å². The molecule has 160 valence electrons. The number of hydrogen-bond acceptors (Lipinski definition) is 3. The van der Waals surface area contributed by atoms with Crippen LogP contribution in [0, 0.1) is 0 Å². The SMILES string of the molecule is CC(C)=O.CCc1ccc(Cc2ccc(NC(=O)c3ccccc3C(=O)O)cc2)cc1. The summed E-state index contributed by atoms with van der Waals surface area (Å²) < 4.78 is 0. The molecule has 0 saturated carbocycles. The molecule has 3 rings (SSSR count). The molecule has 1 amide bonds. The zero-order valence-electron chi connectivity index (χ0n) is 18.0. The first-order chi connectivity index (χ1) is 14.8. The van der Waals surface area contributed by atoms with Crippen LogP contribution in [0.1, 0.15) is 58.2 Å². The van der Waals surface area contributed by atoms with Crippen LogP contribution < -0.4 is 5.32 Å². The van der Waals surface area contributed by atoms with E-state index in [-0.39, 0.29) is 16.9 Å². The second-order valence-electron chi connectivity index (χ2n) is 7.26. The molecule has 0 spiro atoms. The third kappa shape index (κ3) is 7.55. The molecule has 0 aliphatic heterocycles. The van der Waals surface area contributed by atoms with Gasteiger partial charge in [0.1, 0.15) is 5.78 Å². The van der Waals surface area contributed by atoms with E-state index in [1.54, 1.807) is 12.1 Å². The van der Waals surface area contributed by atoms with Crippen molar-refractivity contribution in [3.8, 4) is 0 Å². The van der Waals surface area contributed by atoms with Gasteiger partial charge in [0.15, 0.2) is 0 Å². The lowest BCUT2D eigenvalue weighted by Crippen LogP contribution is -2.16. The van der Waals surface area contributed by atoms with E-state index in [2.05, 4.69) is 36.5 Å². The normalized spacial score (nSPS) is 9.90. The maximum absolute atomic E-state index is 12.4. The Morgan fingerprint density at radius 1 is 0.742 bits per heavy atom. The fraction of sp³-hybridized carbons (Fsp3) is 0.192. The van der Waals surface area contributed by atoms with Crippen LogP contribution in [0.25, 0.3) is 0 Å². The summed E-state index contributed by atoms with van der Waals surface area (Å²) in [4.78, 5) is 33.1. The molecule has 0 saturated heterocycles. The fourth-order valence-corrected chi connectivity index (χ4v) is 2.90. The lowest BCUT2D eigenvalue weighted by Gasteiger charge is -2.09. The molecular formula is C26H27NO4. The van der Waals surface area contributed by atoms with E-state index in [1.807, 2.05) is 24.3 Å². The first kappa shape index (κ1) is 23.5. The van der Waals surface area contributed by atoms with E-state index >= 15 is 0 Å². The van der Waals surface area contributed by atoms with Gasteiger partial charge in [0.25, 0.3) is 5.91 Å². The highest BCUT2D eigenvalue weighted by Gasteiger charge is 2.15. The molecule has 3 aromatic rings. The molecule has 0 aliphatic rings. The quantitative estimate of drug-likeness (QED) is 0.564. The van der Waals surface area contributed by atoms with Crippen LogP contribution in [0.15, 0.2) is 72.8 Å². The molecule has 0 atom stereocenters. The largest absolute Gasteiger partial charge is 0.478 e. The van der Waals surface area contributed by atoms with Crippen molar-refractivity contribution in [2.24, 2.45) is 0 Å². The standard InChI is InChI=1S/C23H21NO3.C3H6O/c1-2-16-7-9-17(10-8-16)15-18-11-13-19(14-12-18)24-22(25)20-5-3-4-6-21(20)23(26)27;1-3(2)4/h3-14H,2,15H2,1H3,(H,24,25)(H,26,27);1-2H3. The number of carbonyl (C=O) groups is 3. The summed E-state index contributed by atoms with van der Waals surface area (Å²) in [5.74, 6) is -1.39. The van der Waals surface area contributed by atoms with E-state index in [9.17, 15) is 19.5 Å². The van der Waals surface area contributed by atoms with E-state index in [0.29, 0.717) is 5.69 Å². The maximum Gasteiger partial charge on any atom is 0.336 e. The fourth-order valence-electron chi connectivity index (χ4n) is 2.90. The molecule has 3 aromatic carbocycles. The number of amides is 1. The smallest absolute Gasteiger partial charge is 0.336 e. The Kier molecular flexibility index (Phi) is 8.70. The predicted octanol–water partition coefficient (Wildman–Crippen LogP) is 5.39. The number of benzene rings is 3. The minimum Gasteiger partial charge on any atom is -0.478 e. The van der Waals surface area contributed by atoms with Gasteiger partial charge in [-0.25, -0.2) is 4.79 Å². The van der Waals surface area contributed by atoms with Gasteiger partial charge in [-0.05, 0) is 67.6 Å². The summed E-state index contributed by atoms with van der Waals surface area (Å²) in [5, 5.41) is 12.0. The zero-order valence-corrected chi connectivity index (χ0v) is 18.0. The molecule has 5 heteroatoms. The monoisotopic (exact) mass is 417 g/mol. The van der Waals surface area contributed by atoms with Gasteiger partial charge in [-0.1, -0.05) is 55.5 Å². The Hall–Kier alpha value is -3.73. The number of rotatable bonds is 6. The van der Waals surface area contributed by atoms with Crippen molar-refractivity contribution in [2.45, 2.75) is 33.6 Å². The zero-order chi connectivity index (χ0) is 22.8. The molecule has 0 aliphatic carbocycles. The van der Waals surface area contributed by atoms with Gasteiger partial charge in [-0.3, -0.25) is 4.79 Å². The number of aryl methyl sites for hydroxylation is 1. The molecule has 0 fully saturated rings. The summed E-state index contributed by atoms with van der Waals surface area (Å²) in [6.07, 6.45) is 1.85. The number of ketones is 1. The first-order valence-corrected chi connectivity index (χ1v) is 10.1. The van der Waals surface area contributed by atoms with E-state index < -0.39 is 11.9 Å². The van der Waals surface area contributed by atoms with E-state index in [4.69, 9.17) is 0 Å². The molecule has 0 heterocycles. The average molecular weight is 418 g/mol. The van der Waals surface area contributed by atoms with Crippen molar-refractivity contribution >= 4 is 23.3 Å². The number of carbonyl (C=O) groups excluding carboxylic acids is 2. The number of carboxylic acid groups (broad SMARTS) is 1. The van der Waals surface area contributed by atoms with E-state index in [0.717, 1.165) is 18.4 Å². The first-order valence-electron chi connectivity index (χ1n) is 10.1. The Morgan fingerprint density at radius 3 is 1.68 bits per heavy atom. The van der Waals surface area contributed by atoms with Crippen LogP contribution in [0.2, 0.25) is 0 Å². The number of nitrogens with one attached hydrogen (secondary N) is 1. The lowest BCUT2D eigenvalue weighted by molar-refractivity contribution is -0.115. The summed E-state index contributed by atoms with van der Waals surface area (Å²) in [5.41, 5.74) is 4.46. The van der Waals surface area contributed by atoms with Crippen molar-refractivity contribution in [3.63, 3.8) is 0 Å². The number of carboxylic acids is 1. The minimum absolute atomic E-state index is 0.0119. The third-order valence-corrected chi connectivity index (χ3v) is 4.45. The summed E-state index contributed by atoms with van der Waals surface area (Å²) >= 11 is 0. The summed E-state index contributed by atoms with van der Waals surface area (Å²) in [7, 11) is 0. The molecule has 0 radical (unpaired) electrons. The van der Waals surface area contributed by atoms with Crippen LogP contribution in [0.5, 0.6) is 0 Å². The second kappa shape index (κ2) is 11.5. The highest BCUT2D eigenvalue weighted by molar-refractivity contribution is 6.10. The van der Waals surface area contributed by atoms with Gasteiger partial charge in [0.05, 0.1) is 11.1 Å². The van der Waals surface area contributed by atoms with Crippen molar-refractivity contribution in [1.29, 1.82) is 0 Å². The number of anilines is 1. The molecule has 0 unspecified atom stereocenters. The van der Waals surface area contributed by atoms with Crippen LogP contribution in [0.4, 0.5) is 5.69 Å². The van der Waals surface area contributed by atoms with Gasteiger partial charge < -0.3 is 15.2 Å². The van der Waals surface area contributed by atoms with Gasteiger partial charge in [0, 0.05) is 5.69 Å². The molecular weight excluding hydrogens is 390 g/mol. The van der Waals surface area contributed by atoms with Crippen molar-refractivity contribution in [1.82, 2.24) is 0 Å². The van der Waals surface area contributed by atoms with Crippen LogP contribution in [0.3, 0.4) is 0 Å². The minimum atomic E-state index is -1.12.